The van der Waals surface area contributed by atoms with E-state index in [9.17, 15) is 0 Å². The zero-order chi connectivity index (χ0) is 7.56. The molecule has 0 amide bonds. The van der Waals surface area contributed by atoms with E-state index in [-0.39, 0.29) is 12.4 Å². The summed E-state index contributed by atoms with van der Waals surface area (Å²) in [6.07, 6.45) is 1.65. The summed E-state index contributed by atoms with van der Waals surface area (Å²) in [7, 11) is 0. The lowest BCUT2D eigenvalue weighted by Gasteiger charge is -1.98. The highest BCUT2D eigenvalue weighted by Gasteiger charge is 1.98. The smallest absolute Gasteiger partial charge is 0.146 e. The maximum Gasteiger partial charge on any atom is 0.146 e. The summed E-state index contributed by atoms with van der Waals surface area (Å²) in [6.45, 7) is 1.83. The number of nitrogens with two attached hydrogens (primary N) is 1. The number of anilines is 1. The van der Waals surface area contributed by atoms with Crippen LogP contribution in [-0.2, 0) is 5.88 Å². The van der Waals surface area contributed by atoms with Crippen LogP contribution in [0.1, 0.15) is 11.4 Å². The minimum Gasteiger partial charge on any atom is -0.382 e. The molecule has 0 spiro atoms. The van der Waals surface area contributed by atoms with Crippen LogP contribution >= 0.6 is 24.0 Å². The highest BCUT2D eigenvalue weighted by atomic mass is 35.5. The Kier molecular flexibility index (Phi) is 4.15. The Balaban J connectivity index is 0.000001000. The Bertz CT molecular complexity index is 239. The van der Waals surface area contributed by atoms with Gasteiger partial charge in [-0.2, -0.15) is 0 Å². The van der Waals surface area contributed by atoms with Gasteiger partial charge in [0, 0.05) is 6.20 Å². The SMILES string of the molecule is Cc1cnc(CCl)c(N)n1.Cl. The highest BCUT2D eigenvalue weighted by Crippen LogP contribution is 2.07. The molecule has 62 valence electrons. The Labute approximate surface area is 76.4 Å². The third-order valence-electron chi connectivity index (χ3n) is 1.13. The molecule has 0 atom stereocenters. The summed E-state index contributed by atoms with van der Waals surface area (Å²) < 4.78 is 0. The Morgan fingerprint density at radius 3 is 2.73 bits per heavy atom. The second-order valence-electron chi connectivity index (χ2n) is 1.98. The van der Waals surface area contributed by atoms with Crippen molar-refractivity contribution in [1.29, 1.82) is 0 Å². The lowest BCUT2D eigenvalue weighted by molar-refractivity contribution is 1.06. The molecule has 0 fully saturated rings. The van der Waals surface area contributed by atoms with Crippen LogP contribution in [0.15, 0.2) is 6.20 Å². The monoisotopic (exact) mass is 193 g/mol. The van der Waals surface area contributed by atoms with E-state index in [0.29, 0.717) is 17.4 Å². The second-order valence-corrected chi connectivity index (χ2v) is 2.24. The van der Waals surface area contributed by atoms with Crippen molar-refractivity contribution < 1.29 is 0 Å². The van der Waals surface area contributed by atoms with Gasteiger partial charge in [0.15, 0.2) is 0 Å². The number of rotatable bonds is 1. The molecule has 11 heavy (non-hydrogen) atoms. The van der Waals surface area contributed by atoms with Gasteiger partial charge in [0.2, 0.25) is 0 Å². The first kappa shape index (κ1) is 10.5. The maximum absolute atomic E-state index is 5.50. The number of aromatic nitrogens is 2. The molecule has 1 aromatic rings. The minimum atomic E-state index is 0. The van der Waals surface area contributed by atoms with Crippen molar-refractivity contribution >= 4 is 29.8 Å². The van der Waals surface area contributed by atoms with E-state index in [0.717, 1.165) is 5.69 Å². The molecule has 0 saturated carbocycles. The van der Waals surface area contributed by atoms with E-state index >= 15 is 0 Å². The highest BCUT2D eigenvalue weighted by molar-refractivity contribution is 6.17. The molecule has 0 bridgehead atoms. The summed E-state index contributed by atoms with van der Waals surface area (Å²) in [6, 6.07) is 0. The third kappa shape index (κ3) is 2.52. The number of hydrogen-bond acceptors (Lipinski definition) is 3. The lowest BCUT2D eigenvalue weighted by atomic mass is 10.4. The van der Waals surface area contributed by atoms with Crippen LogP contribution in [-0.4, -0.2) is 9.97 Å². The molecule has 0 aliphatic carbocycles. The third-order valence-corrected chi connectivity index (χ3v) is 1.38. The maximum atomic E-state index is 5.50. The van der Waals surface area contributed by atoms with E-state index in [2.05, 4.69) is 9.97 Å². The van der Waals surface area contributed by atoms with E-state index in [1.807, 2.05) is 6.92 Å². The fourth-order valence-electron chi connectivity index (χ4n) is 0.624. The van der Waals surface area contributed by atoms with Gasteiger partial charge < -0.3 is 5.73 Å². The standard InChI is InChI=1S/C6H8ClN3.ClH/c1-4-3-9-5(2-7)6(8)10-4;/h3H,2H2,1H3,(H2,8,10);1H. The molecule has 1 rings (SSSR count). The van der Waals surface area contributed by atoms with Crippen LogP contribution in [0.2, 0.25) is 0 Å². The quantitative estimate of drug-likeness (QED) is 0.689. The number of nitrogens with zero attached hydrogens (tertiary/aromatic N) is 2. The largest absolute Gasteiger partial charge is 0.382 e. The van der Waals surface area contributed by atoms with Gasteiger partial charge in [-0.15, -0.1) is 24.0 Å². The topological polar surface area (TPSA) is 51.8 Å². The van der Waals surface area contributed by atoms with Crippen molar-refractivity contribution in [2.75, 3.05) is 5.73 Å². The molecule has 0 aromatic carbocycles. The summed E-state index contributed by atoms with van der Waals surface area (Å²) in [5.41, 5.74) is 6.93. The summed E-state index contributed by atoms with van der Waals surface area (Å²) >= 11 is 5.50. The van der Waals surface area contributed by atoms with Crippen LogP contribution in [0.5, 0.6) is 0 Å². The Morgan fingerprint density at radius 2 is 2.27 bits per heavy atom. The molecule has 0 aliphatic heterocycles. The number of alkyl halides is 1. The first-order chi connectivity index (χ1) is 4.74. The van der Waals surface area contributed by atoms with Crippen molar-refractivity contribution in [3.05, 3.63) is 17.6 Å². The first-order valence-electron chi connectivity index (χ1n) is 2.88. The van der Waals surface area contributed by atoms with Crippen molar-refractivity contribution in [2.45, 2.75) is 12.8 Å². The molecule has 1 aromatic heterocycles. The minimum absolute atomic E-state index is 0. The van der Waals surface area contributed by atoms with E-state index in [1.165, 1.54) is 0 Å². The van der Waals surface area contributed by atoms with Crippen molar-refractivity contribution in [2.24, 2.45) is 0 Å². The molecular weight excluding hydrogens is 185 g/mol. The summed E-state index contributed by atoms with van der Waals surface area (Å²) in [5.74, 6) is 0.744. The molecule has 2 N–H and O–H groups in total. The van der Waals surface area contributed by atoms with Gasteiger partial charge in [-0.05, 0) is 6.92 Å². The van der Waals surface area contributed by atoms with Gasteiger partial charge in [-0.1, -0.05) is 0 Å². The predicted molar refractivity (Wildman–Crippen MR) is 48.0 cm³/mol. The van der Waals surface area contributed by atoms with Crippen molar-refractivity contribution in [3.8, 4) is 0 Å². The molecule has 0 aliphatic rings. The molecule has 3 nitrogen and oxygen atoms in total. The number of halogens is 2. The molecular formula is C6H9Cl2N3. The Morgan fingerprint density at radius 1 is 1.64 bits per heavy atom. The van der Waals surface area contributed by atoms with Crippen LogP contribution in [0.3, 0.4) is 0 Å². The van der Waals surface area contributed by atoms with Gasteiger partial charge in [-0.3, -0.25) is 4.98 Å². The number of hydrogen-bond donors (Lipinski definition) is 1. The fourth-order valence-corrected chi connectivity index (χ4v) is 0.830. The fraction of sp³-hybridized carbons (Fsp3) is 0.333. The van der Waals surface area contributed by atoms with Gasteiger partial charge in [-0.25, -0.2) is 4.98 Å². The molecule has 0 radical (unpaired) electrons. The van der Waals surface area contributed by atoms with E-state index in [4.69, 9.17) is 17.3 Å². The molecule has 1 heterocycles. The van der Waals surface area contributed by atoms with Gasteiger partial charge >= 0.3 is 0 Å². The molecule has 0 unspecified atom stereocenters. The average molecular weight is 194 g/mol. The van der Waals surface area contributed by atoms with Crippen LogP contribution in [0.25, 0.3) is 0 Å². The number of aryl methyl sites for hydroxylation is 1. The Hall–Kier alpha value is -0.540. The summed E-state index contributed by atoms with van der Waals surface area (Å²) in [4.78, 5) is 7.95. The van der Waals surface area contributed by atoms with Crippen LogP contribution < -0.4 is 5.73 Å². The van der Waals surface area contributed by atoms with Gasteiger partial charge in [0.1, 0.15) is 5.82 Å². The van der Waals surface area contributed by atoms with Gasteiger partial charge in [0.25, 0.3) is 0 Å². The van der Waals surface area contributed by atoms with Crippen molar-refractivity contribution in [1.82, 2.24) is 9.97 Å². The molecule has 5 heteroatoms. The van der Waals surface area contributed by atoms with Crippen molar-refractivity contribution in [3.63, 3.8) is 0 Å². The molecule has 0 saturated heterocycles. The lowest BCUT2D eigenvalue weighted by Crippen LogP contribution is -1.99. The van der Waals surface area contributed by atoms with Crippen LogP contribution in [0, 0.1) is 6.92 Å². The van der Waals surface area contributed by atoms with Gasteiger partial charge in [0.05, 0.1) is 17.3 Å². The van der Waals surface area contributed by atoms with Crippen LogP contribution in [0.4, 0.5) is 5.82 Å². The van der Waals surface area contributed by atoms with E-state index in [1.54, 1.807) is 6.20 Å². The zero-order valence-electron chi connectivity index (χ0n) is 6.04. The first-order valence-corrected chi connectivity index (χ1v) is 3.41. The number of nitrogen functional groups attached to an aromatic ring is 1. The predicted octanol–water partition coefficient (Wildman–Crippen LogP) is 1.53. The normalized spacial score (nSPS) is 8.91. The second kappa shape index (κ2) is 4.36. The van der Waals surface area contributed by atoms with E-state index < -0.39 is 0 Å². The average Bonchev–Trinajstić information content (AvgIpc) is 1.88. The zero-order valence-corrected chi connectivity index (χ0v) is 7.61. The summed E-state index contributed by atoms with van der Waals surface area (Å²) in [5, 5.41) is 0.